The quantitative estimate of drug-likeness (QED) is 0.706. The number of rotatable bonds is 6. The molecule has 1 aliphatic rings. The molecule has 16 heavy (non-hydrogen) atoms. The zero-order chi connectivity index (χ0) is 12.1. The van der Waals surface area contributed by atoms with Crippen molar-refractivity contribution < 1.29 is 0 Å². The van der Waals surface area contributed by atoms with E-state index in [1.807, 2.05) is 0 Å². The van der Waals surface area contributed by atoms with Gasteiger partial charge in [-0.2, -0.15) is 11.8 Å². The van der Waals surface area contributed by atoms with E-state index in [9.17, 15) is 0 Å². The molecule has 1 rings (SSSR count). The van der Waals surface area contributed by atoms with E-state index in [0.29, 0.717) is 5.41 Å². The summed E-state index contributed by atoms with van der Waals surface area (Å²) in [5.41, 5.74) is 0.892. The van der Waals surface area contributed by atoms with Gasteiger partial charge in [0, 0.05) is 12.1 Å². The summed E-state index contributed by atoms with van der Waals surface area (Å²) >= 11 is 2.10. The van der Waals surface area contributed by atoms with Crippen LogP contribution in [0.2, 0.25) is 0 Å². The lowest BCUT2D eigenvalue weighted by Crippen LogP contribution is -2.43. The third-order valence-corrected chi connectivity index (χ3v) is 4.54. The third-order valence-electron chi connectivity index (χ3n) is 3.64. The highest BCUT2D eigenvalue weighted by atomic mass is 32.2. The molecular weight excluding hydrogens is 214 g/mol. The monoisotopic (exact) mass is 243 g/mol. The van der Waals surface area contributed by atoms with Crippen molar-refractivity contribution >= 4 is 11.8 Å². The molecule has 1 aliphatic carbocycles. The Morgan fingerprint density at radius 2 is 1.81 bits per heavy atom. The second-order valence-electron chi connectivity index (χ2n) is 6.26. The molecule has 96 valence electrons. The second kappa shape index (κ2) is 6.30. The highest BCUT2D eigenvalue weighted by Gasteiger charge is 2.33. The van der Waals surface area contributed by atoms with E-state index in [4.69, 9.17) is 0 Å². The van der Waals surface area contributed by atoms with Gasteiger partial charge < -0.3 is 5.32 Å². The molecule has 0 aromatic rings. The van der Waals surface area contributed by atoms with Gasteiger partial charge in [-0.25, -0.2) is 0 Å². The van der Waals surface area contributed by atoms with E-state index in [-0.39, 0.29) is 5.54 Å². The molecule has 2 heteroatoms. The van der Waals surface area contributed by atoms with Crippen LogP contribution in [0.4, 0.5) is 0 Å². The smallest absolute Gasteiger partial charge is 0.00967 e. The van der Waals surface area contributed by atoms with E-state index in [1.54, 1.807) is 0 Å². The van der Waals surface area contributed by atoms with Crippen molar-refractivity contribution in [1.82, 2.24) is 5.32 Å². The van der Waals surface area contributed by atoms with Gasteiger partial charge in [0.25, 0.3) is 0 Å². The molecule has 0 radical (unpaired) electrons. The van der Waals surface area contributed by atoms with Gasteiger partial charge in [0.1, 0.15) is 0 Å². The Morgan fingerprint density at radius 1 is 1.19 bits per heavy atom. The van der Waals surface area contributed by atoms with Crippen LogP contribution >= 0.6 is 11.8 Å². The molecule has 1 fully saturated rings. The van der Waals surface area contributed by atoms with Crippen molar-refractivity contribution in [3.63, 3.8) is 0 Å². The molecule has 0 atom stereocenters. The second-order valence-corrected chi connectivity index (χ2v) is 7.65. The Hall–Kier alpha value is 0.310. The molecule has 0 bridgehead atoms. The minimum atomic E-state index is 0.271. The van der Waals surface area contributed by atoms with E-state index >= 15 is 0 Å². The van der Waals surface area contributed by atoms with Crippen LogP contribution in [0.5, 0.6) is 0 Å². The van der Waals surface area contributed by atoms with E-state index in [1.165, 1.54) is 50.2 Å². The first-order chi connectivity index (χ1) is 7.47. The SMILES string of the molecule is CCSCCC1(CNC(C)(C)C)CCCC1. The Kier molecular flexibility index (Phi) is 5.66. The van der Waals surface area contributed by atoms with Crippen LogP contribution in [0.3, 0.4) is 0 Å². The predicted molar refractivity (Wildman–Crippen MR) is 76.3 cm³/mol. The van der Waals surface area contributed by atoms with Gasteiger partial charge in [-0.05, 0) is 57.0 Å². The number of nitrogens with one attached hydrogen (secondary N) is 1. The van der Waals surface area contributed by atoms with Gasteiger partial charge in [0.05, 0.1) is 0 Å². The Bertz CT molecular complexity index is 189. The normalized spacial score (nSPS) is 20.2. The zero-order valence-corrected chi connectivity index (χ0v) is 12.4. The summed E-state index contributed by atoms with van der Waals surface area (Å²) in [5.74, 6) is 2.62. The molecule has 0 heterocycles. The zero-order valence-electron chi connectivity index (χ0n) is 11.6. The standard InChI is InChI=1S/C14H29NS/c1-5-16-11-10-14(8-6-7-9-14)12-15-13(2,3)4/h15H,5-12H2,1-4H3. The maximum Gasteiger partial charge on any atom is 0.00967 e. The van der Waals surface area contributed by atoms with Gasteiger partial charge in [-0.15, -0.1) is 0 Å². The van der Waals surface area contributed by atoms with Crippen LogP contribution in [0.25, 0.3) is 0 Å². The minimum absolute atomic E-state index is 0.271. The molecule has 0 aromatic carbocycles. The maximum absolute atomic E-state index is 3.72. The highest BCUT2D eigenvalue weighted by Crippen LogP contribution is 2.41. The largest absolute Gasteiger partial charge is 0.312 e. The first-order valence-corrected chi connectivity index (χ1v) is 7.96. The fourth-order valence-corrected chi connectivity index (χ4v) is 3.39. The number of hydrogen-bond acceptors (Lipinski definition) is 2. The van der Waals surface area contributed by atoms with Crippen molar-refractivity contribution in [1.29, 1.82) is 0 Å². The Balaban J connectivity index is 2.39. The van der Waals surface area contributed by atoms with Crippen LogP contribution in [0.15, 0.2) is 0 Å². The molecule has 0 aromatic heterocycles. The van der Waals surface area contributed by atoms with Crippen molar-refractivity contribution in [3.8, 4) is 0 Å². The van der Waals surface area contributed by atoms with Gasteiger partial charge in [0.15, 0.2) is 0 Å². The van der Waals surface area contributed by atoms with E-state index in [0.717, 1.165) is 0 Å². The molecule has 0 unspecified atom stereocenters. The van der Waals surface area contributed by atoms with Crippen molar-refractivity contribution in [2.75, 3.05) is 18.1 Å². The number of thioether (sulfide) groups is 1. The van der Waals surface area contributed by atoms with Crippen LogP contribution in [-0.2, 0) is 0 Å². The molecule has 0 saturated heterocycles. The molecule has 0 spiro atoms. The summed E-state index contributed by atoms with van der Waals surface area (Å²) in [6.07, 6.45) is 7.19. The van der Waals surface area contributed by atoms with Gasteiger partial charge in [-0.3, -0.25) is 0 Å². The van der Waals surface area contributed by atoms with Gasteiger partial charge in [-0.1, -0.05) is 19.8 Å². The molecule has 1 nitrogen and oxygen atoms in total. The van der Waals surface area contributed by atoms with Crippen molar-refractivity contribution in [2.45, 2.75) is 65.3 Å². The lowest BCUT2D eigenvalue weighted by molar-refractivity contribution is 0.240. The average molecular weight is 243 g/mol. The lowest BCUT2D eigenvalue weighted by Gasteiger charge is -2.33. The van der Waals surface area contributed by atoms with Crippen molar-refractivity contribution in [2.24, 2.45) is 5.41 Å². The summed E-state index contributed by atoms with van der Waals surface area (Å²) < 4.78 is 0. The highest BCUT2D eigenvalue weighted by molar-refractivity contribution is 7.99. The third kappa shape index (κ3) is 5.09. The molecule has 1 N–H and O–H groups in total. The fourth-order valence-electron chi connectivity index (χ4n) is 2.53. The Morgan fingerprint density at radius 3 is 2.31 bits per heavy atom. The molecule has 0 amide bonds. The summed E-state index contributed by atoms with van der Waals surface area (Å²) in [6.45, 7) is 10.3. The van der Waals surface area contributed by atoms with Crippen LogP contribution < -0.4 is 5.32 Å². The molecule has 1 saturated carbocycles. The molecular formula is C14H29NS. The fraction of sp³-hybridized carbons (Fsp3) is 1.00. The van der Waals surface area contributed by atoms with E-state index < -0.39 is 0 Å². The topological polar surface area (TPSA) is 12.0 Å². The summed E-state index contributed by atoms with van der Waals surface area (Å²) in [6, 6.07) is 0. The van der Waals surface area contributed by atoms with Crippen molar-refractivity contribution in [3.05, 3.63) is 0 Å². The maximum atomic E-state index is 3.72. The van der Waals surface area contributed by atoms with Gasteiger partial charge >= 0.3 is 0 Å². The Labute approximate surface area is 106 Å². The van der Waals surface area contributed by atoms with E-state index in [2.05, 4.69) is 44.8 Å². The lowest BCUT2D eigenvalue weighted by atomic mass is 9.82. The van der Waals surface area contributed by atoms with Gasteiger partial charge in [0.2, 0.25) is 0 Å². The number of hydrogen-bond donors (Lipinski definition) is 1. The van der Waals surface area contributed by atoms with Crippen LogP contribution in [0.1, 0.15) is 59.8 Å². The van der Waals surface area contributed by atoms with Crippen LogP contribution in [0, 0.1) is 5.41 Å². The minimum Gasteiger partial charge on any atom is -0.312 e. The first-order valence-electron chi connectivity index (χ1n) is 6.80. The first kappa shape index (κ1) is 14.4. The summed E-state index contributed by atoms with van der Waals surface area (Å²) in [7, 11) is 0. The average Bonchev–Trinajstić information content (AvgIpc) is 2.64. The van der Waals surface area contributed by atoms with Crippen LogP contribution in [-0.4, -0.2) is 23.6 Å². The summed E-state index contributed by atoms with van der Waals surface area (Å²) in [5, 5.41) is 3.72. The molecule has 0 aliphatic heterocycles. The summed E-state index contributed by atoms with van der Waals surface area (Å²) in [4.78, 5) is 0. The predicted octanol–water partition coefficient (Wildman–Crippen LogP) is 4.08.